The van der Waals surface area contributed by atoms with Crippen molar-refractivity contribution in [1.82, 2.24) is 0 Å². The molecule has 1 unspecified atom stereocenters. The number of sulfone groups is 1. The third kappa shape index (κ3) is 3.37. The van der Waals surface area contributed by atoms with E-state index in [1.54, 1.807) is 23.9 Å². The molecule has 1 aliphatic rings. The second-order valence-electron chi connectivity index (χ2n) is 4.49. The normalized spacial score (nSPS) is 20.6. The summed E-state index contributed by atoms with van der Waals surface area (Å²) in [5.41, 5.74) is 1.44. The molecule has 106 valence electrons. The van der Waals surface area contributed by atoms with Gasteiger partial charge in [-0.1, -0.05) is 17.7 Å². The molecular formula is C12H16ClNO3S2. The van der Waals surface area contributed by atoms with Crippen molar-refractivity contribution in [3.8, 4) is 0 Å². The van der Waals surface area contributed by atoms with Crippen molar-refractivity contribution in [2.24, 2.45) is 0 Å². The number of anilines is 1. The highest BCUT2D eigenvalue weighted by Crippen LogP contribution is 2.30. The number of nitrogens with zero attached hydrogens (tertiary/aromatic N) is 1. The van der Waals surface area contributed by atoms with Crippen LogP contribution < -0.4 is 4.90 Å². The molecule has 0 spiro atoms. The molecule has 1 aromatic rings. The van der Waals surface area contributed by atoms with Gasteiger partial charge in [0.2, 0.25) is 0 Å². The lowest BCUT2D eigenvalue weighted by Crippen LogP contribution is -2.47. The van der Waals surface area contributed by atoms with Gasteiger partial charge in [-0.15, -0.1) is 0 Å². The van der Waals surface area contributed by atoms with E-state index in [1.807, 2.05) is 11.0 Å². The highest BCUT2D eigenvalue weighted by atomic mass is 35.5. The summed E-state index contributed by atoms with van der Waals surface area (Å²) in [6.45, 7) is 0.557. The van der Waals surface area contributed by atoms with Crippen LogP contribution in [0.3, 0.4) is 0 Å². The van der Waals surface area contributed by atoms with Gasteiger partial charge in [-0.05, 0) is 17.7 Å². The fourth-order valence-electron chi connectivity index (χ4n) is 2.07. The third-order valence-electron chi connectivity index (χ3n) is 3.12. The Morgan fingerprint density at radius 2 is 2.26 bits per heavy atom. The van der Waals surface area contributed by atoms with E-state index in [0.717, 1.165) is 11.4 Å². The van der Waals surface area contributed by atoms with E-state index in [4.69, 9.17) is 16.7 Å². The Morgan fingerprint density at radius 1 is 1.53 bits per heavy atom. The lowest BCUT2D eigenvalue weighted by atomic mass is 10.2. The Morgan fingerprint density at radius 3 is 2.84 bits per heavy atom. The molecule has 1 saturated heterocycles. The second kappa shape index (κ2) is 5.91. The summed E-state index contributed by atoms with van der Waals surface area (Å²) in [5, 5.41) is 9.06. The van der Waals surface area contributed by atoms with E-state index >= 15 is 0 Å². The van der Waals surface area contributed by atoms with Crippen molar-refractivity contribution in [3.63, 3.8) is 0 Å². The van der Waals surface area contributed by atoms with Crippen LogP contribution >= 0.6 is 23.4 Å². The minimum Gasteiger partial charge on any atom is -0.392 e. The smallest absolute Gasteiger partial charge is 0.169 e. The fourth-order valence-corrected chi connectivity index (χ4v) is 5.15. The standard InChI is InChI=1S/C12H16ClNO3S2/c1-19(16,17)12-8-18-5-4-14(12)10-3-2-9(7-15)11(13)6-10/h2-3,6,12,15H,4-5,7-8H2,1H3. The first-order valence-electron chi connectivity index (χ1n) is 5.86. The van der Waals surface area contributed by atoms with E-state index < -0.39 is 15.2 Å². The summed E-state index contributed by atoms with van der Waals surface area (Å²) in [6.07, 6.45) is 1.26. The number of rotatable bonds is 3. The van der Waals surface area contributed by atoms with Crippen LogP contribution in [0.5, 0.6) is 0 Å². The van der Waals surface area contributed by atoms with Gasteiger partial charge in [0.25, 0.3) is 0 Å². The first-order chi connectivity index (χ1) is 8.93. The van der Waals surface area contributed by atoms with Gasteiger partial charge in [-0.2, -0.15) is 11.8 Å². The van der Waals surface area contributed by atoms with Crippen molar-refractivity contribution >= 4 is 38.9 Å². The third-order valence-corrected chi connectivity index (χ3v) is 6.11. The molecule has 0 radical (unpaired) electrons. The maximum Gasteiger partial charge on any atom is 0.169 e. The lowest BCUT2D eigenvalue weighted by Gasteiger charge is -2.36. The number of hydrogen-bond donors (Lipinski definition) is 1. The zero-order valence-electron chi connectivity index (χ0n) is 10.5. The number of benzene rings is 1. The molecule has 2 rings (SSSR count). The van der Waals surface area contributed by atoms with Gasteiger partial charge in [-0.25, -0.2) is 8.42 Å². The molecule has 0 aromatic heterocycles. The molecule has 0 bridgehead atoms. The number of aliphatic hydroxyl groups is 1. The number of halogens is 1. The summed E-state index contributed by atoms with van der Waals surface area (Å²) in [4.78, 5) is 1.87. The molecule has 0 aliphatic carbocycles. The van der Waals surface area contributed by atoms with Crippen molar-refractivity contribution < 1.29 is 13.5 Å². The Bertz CT molecular complexity index is 562. The van der Waals surface area contributed by atoms with E-state index in [9.17, 15) is 8.42 Å². The van der Waals surface area contributed by atoms with Crippen LogP contribution in [0, 0.1) is 0 Å². The molecule has 1 heterocycles. The Labute approximate surface area is 122 Å². The predicted molar refractivity (Wildman–Crippen MR) is 80.7 cm³/mol. The van der Waals surface area contributed by atoms with Gasteiger partial charge in [0, 0.05) is 35.0 Å². The van der Waals surface area contributed by atoms with Crippen LogP contribution in [0.1, 0.15) is 5.56 Å². The highest BCUT2D eigenvalue weighted by Gasteiger charge is 2.31. The highest BCUT2D eigenvalue weighted by molar-refractivity contribution is 8.01. The van der Waals surface area contributed by atoms with Crippen LogP contribution in [0.2, 0.25) is 5.02 Å². The average molecular weight is 322 g/mol. The van der Waals surface area contributed by atoms with Crippen molar-refractivity contribution in [2.45, 2.75) is 12.0 Å². The quantitative estimate of drug-likeness (QED) is 0.919. The molecule has 1 aromatic carbocycles. The summed E-state index contributed by atoms with van der Waals surface area (Å²) >= 11 is 7.72. The van der Waals surface area contributed by atoms with E-state index in [0.29, 0.717) is 22.9 Å². The van der Waals surface area contributed by atoms with Gasteiger partial charge < -0.3 is 10.0 Å². The zero-order chi connectivity index (χ0) is 14.0. The molecule has 0 amide bonds. The maximum atomic E-state index is 11.9. The fraction of sp³-hybridized carbons (Fsp3) is 0.500. The SMILES string of the molecule is CS(=O)(=O)C1CSCCN1c1ccc(CO)c(Cl)c1. The van der Waals surface area contributed by atoms with Gasteiger partial charge in [0.05, 0.1) is 6.61 Å². The van der Waals surface area contributed by atoms with Gasteiger partial charge in [0.15, 0.2) is 9.84 Å². The molecule has 0 saturated carbocycles. The zero-order valence-corrected chi connectivity index (χ0v) is 12.9. The van der Waals surface area contributed by atoms with E-state index in [1.165, 1.54) is 6.26 Å². The molecule has 1 fully saturated rings. The number of hydrogen-bond acceptors (Lipinski definition) is 5. The van der Waals surface area contributed by atoms with Crippen LogP contribution in [-0.4, -0.2) is 43.2 Å². The van der Waals surface area contributed by atoms with E-state index in [-0.39, 0.29) is 6.61 Å². The predicted octanol–water partition coefficient (Wildman–Crippen LogP) is 1.76. The monoisotopic (exact) mass is 321 g/mol. The molecule has 7 heteroatoms. The summed E-state index contributed by atoms with van der Waals surface area (Å²) < 4.78 is 23.7. The molecule has 1 atom stereocenters. The summed E-state index contributed by atoms with van der Waals surface area (Å²) in [7, 11) is -3.14. The molecular weight excluding hydrogens is 306 g/mol. The first-order valence-corrected chi connectivity index (χ1v) is 9.34. The molecule has 19 heavy (non-hydrogen) atoms. The first kappa shape index (κ1) is 15.0. The Kier molecular flexibility index (Phi) is 4.66. The summed E-state index contributed by atoms with van der Waals surface area (Å²) in [6, 6.07) is 5.27. The van der Waals surface area contributed by atoms with Crippen LogP contribution in [0.25, 0.3) is 0 Å². The minimum absolute atomic E-state index is 0.121. The van der Waals surface area contributed by atoms with Gasteiger partial charge >= 0.3 is 0 Å². The largest absolute Gasteiger partial charge is 0.392 e. The van der Waals surface area contributed by atoms with Gasteiger partial charge in [-0.3, -0.25) is 0 Å². The summed E-state index contributed by atoms with van der Waals surface area (Å²) in [5.74, 6) is 1.46. The number of aliphatic hydroxyl groups excluding tert-OH is 1. The van der Waals surface area contributed by atoms with Gasteiger partial charge in [0.1, 0.15) is 5.37 Å². The topological polar surface area (TPSA) is 57.6 Å². The average Bonchev–Trinajstić information content (AvgIpc) is 2.37. The molecule has 1 N–H and O–H groups in total. The maximum absolute atomic E-state index is 11.9. The second-order valence-corrected chi connectivity index (χ2v) is 8.25. The molecule has 4 nitrogen and oxygen atoms in total. The minimum atomic E-state index is -3.14. The Balaban J connectivity index is 2.35. The van der Waals surface area contributed by atoms with Crippen molar-refractivity contribution in [3.05, 3.63) is 28.8 Å². The van der Waals surface area contributed by atoms with Crippen LogP contribution in [-0.2, 0) is 16.4 Å². The van der Waals surface area contributed by atoms with Crippen molar-refractivity contribution in [1.29, 1.82) is 0 Å². The lowest BCUT2D eigenvalue weighted by molar-refractivity contribution is 0.282. The Hall–Kier alpha value is -0.430. The molecule has 1 aliphatic heterocycles. The number of thioether (sulfide) groups is 1. The van der Waals surface area contributed by atoms with Crippen LogP contribution in [0.4, 0.5) is 5.69 Å². The van der Waals surface area contributed by atoms with Crippen molar-refractivity contribution in [2.75, 3.05) is 29.2 Å². The van der Waals surface area contributed by atoms with E-state index in [2.05, 4.69) is 0 Å². The van der Waals surface area contributed by atoms with Crippen LogP contribution in [0.15, 0.2) is 18.2 Å².